The molecule has 3 heterocycles. The number of aromatic nitrogens is 1. The van der Waals surface area contributed by atoms with Crippen LogP contribution in [0.15, 0.2) is 162 Å². The van der Waals surface area contributed by atoms with Gasteiger partial charge in [-0.3, -0.25) is 4.98 Å². The van der Waals surface area contributed by atoms with Crippen LogP contribution >= 0.6 is 0 Å². The standard InChI is InChI=1S/C41H25N3/c1-3-12-26(13-4-1)28-16-7-8-17-30(28)32-21-23-35-38(37(32)40-29(19-11-25-42-40)27-14-5-2-6-15-27)39-36(43-35)24-22-33-31-18-9-10-20-34(31)44-41(33)39/h1-25H. The van der Waals surface area contributed by atoms with Crippen molar-refractivity contribution in [3.05, 3.63) is 173 Å². The number of rotatable bonds is 4. The van der Waals surface area contributed by atoms with E-state index in [-0.39, 0.29) is 0 Å². The van der Waals surface area contributed by atoms with E-state index in [1.807, 2.05) is 12.3 Å². The predicted octanol–water partition coefficient (Wildman–Crippen LogP) is 9.23. The maximum atomic E-state index is 5.19. The van der Waals surface area contributed by atoms with Crippen LogP contribution in [-0.4, -0.2) is 4.98 Å². The molecule has 0 unspecified atom stereocenters. The van der Waals surface area contributed by atoms with E-state index in [0.29, 0.717) is 0 Å². The molecule has 0 saturated heterocycles. The third kappa shape index (κ3) is 3.73. The zero-order chi connectivity index (χ0) is 29.0. The molecule has 0 fully saturated rings. The van der Waals surface area contributed by atoms with E-state index < -0.39 is 0 Å². The summed E-state index contributed by atoms with van der Waals surface area (Å²) in [4.78, 5) is 15.5. The van der Waals surface area contributed by atoms with Crippen LogP contribution in [-0.2, 0) is 0 Å². The van der Waals surface area contributed by atoms with Crippen molar-refractivity contribution < 1.29 is 0 Å². The summed E-state index contributed by atoms with van der Waals surface area (Å²) in [6, 6.07) is 51.1. The highest BCUT2D eigenvalue weighted by Crippen LogP contribution is 2.51. The fourth-order valence-corrected chi connectivity index (χ4v) is 6.75. The fraction of sp³-hybridized carbons (Fsp3) is 0. The fourth-order valence-electron chi connectivity index (χ4n) is 6.75. The van der Waals surface area contributed by atoms with Crippen LogP contribution in [0.2, 0.25) is 0 Å². The van der Waals surface area contributed by atoms with Gasteiger partial charge in [-0.1, -0.05) is 115 Å². The Bertz CT molecular complexity index is 2480. The molecule has 2 aliphatic heterocycles. The molecule has 0 radical (unpaired) electrons. The monoisotopic (exact) mass is 559 g/mol. The molecule has 3 nitrogen and oxygen atoms in total. The van der Waals surface area contributed by atoms with Gasteiger partial charge in [-0.2, -0.15) is 0 Å². The maximum Gasteiger partial charge on any atom is 0.0817 e. The van der Waals surface area contributed by atoms with Gasteiger partial charge in [0, 0.05) is 38.9 Å². The van der Waals surface area contributed by atoms with Gasteiger partial charge in [-0.25, -0.2) is 9.98 Å². The highest BCUT2D eigenvalue weighted by Gasteiger charge is 2.28. The average Bonchev–Trinajstić information content (AvgIpc) is 3.67. The molecule has 0 atom stereocenters. The summed E-state index contributed by atoms with van der Waals surface area (Å²) in [6.45, 7) is 0. The van der Waals surface area contributed by atoms with E-state index in [1.54, 1.807) is 0 Å². The van der Waals surface area contributed by atoms with Crippen LogP contribution in [0.5, 0.6) is 0 Å². The molecule has 7 aromatic rings. The largest absolute Gasteiger partial charge is 0.256 e. The van der Waals surface area contributed by atoms with Crippen molar-refractivity contribution in [1.82, 2.24) is 4.98 Å². The number of fused-ring (bicyclic) bond motifs is 6. The summed E-state index contributed by atoms with van der Waals surface area (Å²) in [5.74, 6) is 0. The first-order valence-corrected chi connectivity index (χ1v) is 14.9. The van der Waals surface area contributed by atoms with Gasteiger partial charge in [0.1, 0.15) is 0 Å². The van der Waals surface area contributed by atoms with Gasteiger partial charge in [0.05, 0.1) is 27.8 Å². The first kappa shape index (κ1) is 24.6. The SMILES string of the molecule is c1ccc(-c2ccccc2-c2ccc3c(c2-c2ncccc2-c2ccccc2)-c2c4c(ccc2=N3)=c2ccccc2=N4)cc1. The topological polar surface area (TPSA) is 37.6 Å². The van der Waals surface area contributed by atoms with Gasteiger partial charge in [0.15, 0.2) is 0 Å². The minimum atomic E-state index is 0.935. The zero-order valence-electron chi connectivity index (χ0n) is 23.8. The maximum absolute atomic E-state index is 5.19. The molecular weight excluding hydrogens is 534 g/mol. The van der Waals surface area contributed by atoms with Gasteiger partial charge in [-0.05, 0) is 58.1 Å². The lowest BCUT2D eigenvalue weighted by Crippen LogP contribution is -2.02. The second-order valence-electron chi connectivity index (χ2n) is 11.2. The van der Waals surface area contributed by atoms with Crippen LogP contribution in [0, 0.1) is 10.4 Å². The first-order valence-electron chi connectivity index (χ1n) is 14.9. The molecule has 0 bridgehead atoms. The Labute approximate surface area is 254 Å². The van der Waals surface area contributed by atoms with Crippen molar-refractivity contribution >= 4 is 11.4 Å². The van der Waals surface area contributed by atoms with Crippen molar-refractivity contribution in [3.8, 4) is 55.8 Å². The second kappa shape index (κ2) is 9.82. The quantitative estimate of drug-likeness (QED) is 0.212. The van der Waals surface area contributed by atoms with E-state index in [1.165, 1.54) is 11.1 Å². The van der Waals surface area contributed by atoms with Crippen molar-refractivity contribution in [3.63, 3.8) is 0 Å². The van der Waals surface area contributed by atoms with Crippen molar-refractivity contribution in [1.29, 1.82) is 0 Å². The lowest BCUT2D eigenvalue weighted by molar-refractivity contribution is 1.32. The number of hydrogen-bond acceptors (Lipinski definition) is 3. The number of hydrogen-bond donors (Lipinski definition) is 0. The molecule has 0 spiro atoms. The van der Waals surface area contributed by atoms with E-state index in [2.05, 4.69) is 140 Å². The van der Waals surface area contributed by atoms with E-state index in [4.69, 9.17) is 15.0 Å². The number of para-hydroxylation sites is 1. The summed E-state index contributed by atoms with van der Waals surface area (Å²) < 4.78 is 0. The molecular formula is C41H25N3. The van der Waals surface area contributed by atoms with E-state index >= 15 is 0 Å². The first-order chi connectivity index (χ1) is 21.8. The van der Waals surface area contributed by atoms with Crippen LogP contribution in [0.1, 0.15) is 0 Å². The smallest absolute Gasteiger partial charge is 0.0817 e. The van der Waals surface area contributed by atoms with E-state index in [9.17, 15) is 0 Å². The molecule has 204 valence electrons. The third-order valence-electron chi connectivity index (χ3n) is 8.69. The van der Waals surface area contributed by atoms with Gasteiger partial charge in [-0.15, -0.1) is 0 Å². The van der Waals surface area contributed by atoms with Crippen molar-refractivity contribution in [2.24, 2.45) is 9.98 Å². The Morgan fingerprint density at radius 3 is 1.86 bits per heavy atom. The summed E-state index contributed by atoms with van der Waals surface area (Å²) in [5, 5.41) is 4.25. The predicted molar refractivity (Wildman–Crippen MR) is 177 cm³/mol. The summed E-state index contributed by atoms with van der Waals surface area (Å²) in [6.07, 6.45) is 1.90. The van der Waals surface area contributed by atoms with Crippen molar-refractivity contribution in [2.75, 3.05) is 0 Å². The Morgan fingerprint density at radius 2 is 1.05 bits per heavy atom. The van der Waals surface area contributed by atoms with Crippen LogP contribution in [0.3, 0.4) is 0 Å². The Morgan fingerprint density at radius 1 is 0.364 bits per heavy atom. The Kier molecular flexibility index (Phi) is 5.50. The lowest BCUT2D eigenvalue weighted by Gasteiger charge is -2.20. The van der Waals surface area contributed by atoms with Crippen LogP contribution in [0.25, 0.3) is 55.8 Å². The number of pyridine rings is 1. The van der Waals surface area contributed by atoms with Gasteiger partial charge < -0.3 is 0 Å². The lowest BCUT2D eigenvalue weighted by atomic mass is 9.84. The van der Waals surface area contributed by atoms with Gasteiger partial charge >= 0.3 is 0 Å². The highest BCUT2D eigenvalue weighted by atomic mass is 14.8. The molecule has 2 aliphatic rings. The molecule has 6 aromatic carbocycles. The van der Waals surface area contributed by atoms with Crippen LogP contribution < -0.4 is 10.7 Å². The van der Waals surface area contributed by atoms with Gasteiger partial charge in [0.25, 0.3) is 0 Å². The second-order valence-corrected chi connectivity index (χ2v) is 11.2. The minimum absolute atomic E-state index is 0.935. The average molecular weight is 560 g/mol. The normalized spacial score (nSPS) is 12.0. The van der Waals surface area contributed by atoms with Crippen LogP contribution in [0.4, 0.5) is 11.4 Å². The van der Waals surface area contributed by atoms with Gasteiger partial charge in [0.2, 0.25) is 0 Å². The zero-order valence-corrected chi connectivity index (χ0v) is 23.8. The molecule has 0 aliphatic carbocycles. The summed E-state index contributed by atoms with van der Waals surface area (Å²) in [5.41, 5.74) is 12.9. The minimum Gasteiger partial charge on any atom is -0.256 e. The number of benzene rings is 6. The molecule has 0 saturated carbocycles. The number of nitrogens with zero attached hydrogens (tertiary/aromatic N) is 3. The molecule has 0 amide bonds. The summed E-state index contributed by atoms with van der Waals surface area (Å²) >= 11 is 0. The molecule has 0 N–H and O–H groups in total. The molecule has 44 heavy (non-hydrogen) atoms. The molecule has 9 rings (SSSR count). The molecule has 3 heteroatoms. The molecule has 1 aromatic heterocycles. The highest BCUT2D eigenvalue weighted by molar-refractivity contribution is 6.06. The Hall–Kier alpha value is -5.93. The Balaban J connectivity index is 1.42. The van der Waals surface area contributed by atoms with E-state index in [0.717, 1.165) is 77.2 Å². The van der Waals surface area contributed by atoms with Crippen molar-refractivity contribution in [2.45, 2.75) is 0 Å². The third-order valence-corrected chi connectivity index (χ3v) is 8.69. The summed E-state index contributed by atoms with van der Waals surface area (Å²) in [7, 11) is 0.